The number of hydrogen-bond donors (Lipinski definition) is 1. The first kappa shape index (κ1) is 21.6. The van der Waals surface area contributed by atoms with Crippen molar-refractivity contribution in [3.8, 4) is 5.75 Å². The van der Waals surface area contributed by atoms with Crippen molar-refractivity contribution >= 4 is 28.9 Å². The Balaban J connectivity index is 1.58. The van der Waals surface area contributed by atoms with Crippen molar-refractivity contribution < 1.29 is 28.9 Å². The fraction of sp³-hybridized carbons (Fsp3) is 0.263. The van der Waals surface area contributed by atoms with Crippen molar-refractivity contribution in [1.29, 1.82) is 0 Å². The highest BCUT2D eigenvalue weighted by Gasteiger charge is 2.21. The lowest BCUT2D eigenvalue weighted by Crippen LogP contribution is -2.40. The van der Waals surface area contributed by atoms with E-state index in [9.17, 15) is 29.8 Å². The number of morpholine rings is 1. The first-order valence-corrected chi connectivity index (χ1v) is 9.17. The van der Waals surface area contributed by atoms with E-state index in [-0.39, 0.29) is 11.6 Å². The first-order valence-electron chi connectivity index (χ1n) is 9.17. The predicted molar refractivity (Wildman–Crippen MR) is 107 cm³/mol. The molecule has 0 radical (unpaired) electrons. The Morgan fingerprint density at radius 3 is 2.32 bits per heavy atom. The molecule has 2 aromatic carbocycles. The second-order valence-corrected chi connectivity index (χ2v) is 6.48. The lowest BCUT2D eigenvalue weighted by molar-refractivity contribution is -0.393. The molecule has 2 aromatic rings. The smallest absolute Gasteiger partial charge is 0.299 e. The number of non-ortho nitro benzene ring substituents is 1. The van der Waals surface area contributed by atoms with E-state index >= 15 is 0 Å². The molecule has 1 saturated heterocycles. The molecule has 12 nitrogen and oxygen atoms in total. The van der Waals surface area contributed by atoms with Crippen LogP contribution in [0, 0.1) is 20.2 Å². The minimum absolute atomic E-state index is 0.127. The van der Waals surface area contributed by atoms with E-state index in [0.717, 1.165) is 18.2 Å². The maximum atomic E-state index is 12.4. The van der Waals surface area contributed by atoms with Crippen LogP contribution < -0.4 is 10.1 Å². The molecule has 1 heterocycles. The minimum Gasteiger partial charge on any atom is -0.484 e. The normalized spacial score (nSPS) is 13.4. The molecule has 0 saturated carbocycles. The maximum absolute atomic E-state index is 12.4. The van der Waals surface area contributed by atoms with Crippen molar-refractivity contribution in [1.82, 2.24) is 4.90 Å². The Bertz CT molecular complexity index is 1000. The largest absolute Gasteiger partial charge is 0.484 e. The van der Waals surface area contributed by atoms with E-state index in [1.807, 2.05) is 0 Å². The van der Waals surface area contributed by atoms with Crippen LogP contribution in [0.15, 0.2) is 42.5 Å². The number of nitro benzene ring substituents is 2. The molecule has 0 bridgehead atoms. The number of nitrogens with zero attached hydrogens (tertiary/aromatic N) is 3. The third kappa shape index (κ3) is 5.51. The Hall–Kier alpha value is -4.06. The SMILES string of the molecule is O=C(COc1ccc(C(=O)N2CCOCC2)cc1)Nc1ccc([N+](=O)[O-])cc1[N+](=O)[O-]. The zero-order valence-corrected chi connectivity index (χ0v) is 16.2. The van der Waals surface area contributed by atoms with Crippen LogP contribution in [0.4, 0.5) is 17.1 Å². The molecule has 12 heteroatoms. The van der Waals surface area contributed by atoms with Gasteiger partial charge in [0.05, 0.1) is 29.1 Å². The van der Waals surface area contributed by atoms with Gasteiger partial charge in [0.2, 0.25) is 0 Å². The van der Waals surface area contributed by atoms with Crippen LogP contribution in [-0.2, 0) is 9.53 Å². The summed E-state index contributed by atoms with van der Waals surface area (Å²) >= 11 is 0. The molecule has 0 atom stereocenters. The van der Waals surface area contributed by atoms with Gasteiger partial charge >= 0.3 is 0 Å². The van der Waals surface area contributed by atoms with Crippen LogP contribution in [0.5, 0.6) is 5.75 Å². The molecule has 1 aliphatic rings. The van der Waals surface area contributed by atoms with Crippen molar-refractivity contribution in [2.45, 2.75) is 0 Å². The molecule has 1 aliphatic heterocycles. The predicted octanol–water partition coefficient (Wildman–Crippen LogP) is 1.99. The van der Waals surface area contributed by atoms with E-state index in [1.54, 1.807) is 17.0 Å². The van der Waals surface area contributed by atoms with Crippen LogP contribution >= 0.6 is 0 Å². The molecule has 31 heavy (non-hydrogen) atoms. The Kier molecular flexibility index (Phi) is 6.72. The molecule has 1 N–H and O–H groups in total. The first-order chi connectivity index (χ1) is 14.8. The fourth-order valence-corrected chi connectivity index (χ4v) is 2.87. The van der Waals surface area contributed by atoms with E-state index in [4.69, 9.17) is 9.47 Å². The topological polar surface area (TPSA) is 154 Å². The Morgan fingerprint density at radius 2 is 1.71 bits per heavy atom. The lowest BCUT2D eigenvalue weighted by atomic mass is 10.2. The van der Waals surface area contributed by atoms with Crippen molar-refractivity contribution in [2.75, 3.05) is 38.2 Å². The van der Waals surface area contributed by atoms with Crippen molar-refractivity contribution in [2.24, 2.45) is 0 Å². The molecular formula is C19H18N4O8. The zero-order valence-electron chi connectivity index (χ0n) is 16.2. The second kappa shape index (κ2) is 9.63. The highest BCUT2D eigenvalue weighted by atomic mass is 16.6. The summed E-state index contributed by atoms with van der Waals surface area (Å²) in [6.07, 6.45) is 0. The van der Waals surface area contributed by atoms with Gasteiger partial charge in [0.15, 0.2) is 6.61 Å². The molecule has 2 amide bonds. The van der Waals surface area contributed by atoms with E-state index in [0.29, 0.717) is 37.6 Å². The third-order valence-electron chi connectivity index (χ3n) is 4.43. The summed E-state index contributed by atoms with van der Waals surface area (Å²) in [4.78, 5) is 46.5. The fourth-order valence-electron chi connectivity index (χ4n) is 2.87. The van der Waals surface area contributed by atoms with E-state index in [2.05, 4.69) is 5.32 Å². The Labute approximate surface area is 175 Å². The van der Waals surface area contributed by atoms with Gasteiger partial charge in [-0.3, -0.25) is 29.8 Å². The van der Waals surface area contributed by atoms with Crippen LogP contribution in [0.1, 0.15) is 10.4 Å². The third-order valence-corrected chi connectivity index (χ3v) is 4.43. The molecule has 0 spiro atoms. The average molecular weight is 430 g/mol. The number of carbonyl (C=O) groups is 2. The van der Waals surface area contributed by atoms with Crippen LogP contribution in [0.2, 0.25) is 0 Å². The molecule has 1 fully saturated rings. The average Bonchev–Trinajstić information content (AvgIpc) is 2.78. The highest BCUT2D eigenvalue weighted by Crippen LogP contribution is 2.28. The van der Waals surface area contributed by atoms with E-state index < -0.39 is 33.7 Å². The van der Waals surface area contributed by atoms with Gasteiger partial charge in [0.1, 0.15) is 11.4 Å². The molecule has 162 valence electrons. The van der Waals surface area contributed by atoms with Crippen LogP contribution in [-0.4, -0.2) is 59.5 Å². The van der Waals surface area contributed by atoms with Gasteiger partial charge in [-0.2, -0.15) is 0 Å². The number of nitrogens with one attached hydrogen (secondary N) is 1. The van der Waals surface area contributed by atoms with Crippen LogP contribution in [0.25, 0.3) is 0 Å². The molecule has 3 rings (SSSR count). The molecular weight excluding hydrogens is 412 g/mol. The number of anilines is 1. The monoisotopic (exact) mass is 430 g/mol. The molecule has 0 aliphatic carbocycles. The van der Waals surface area contributed by atoms with Gasteiger partial charge in [-0.05, 0) is 30.3 Å². The maximum Gasteiger partial charge on any atom is 0.299 e. The van der Waals surface area contributed by atoms with E-state index in [1.165, 1.54) is 12.1 Å². The molecule has 0 unspecified atom stereocenters. The number of rotatable bonds is 7. The summed E-state index contributed by atoms with van der Waals surface area (Å²) in [7, 11) is 0. The van der Waals surface area contributed by atoms with Crippen molar-refractivity contribution in [3.63, 3.8) is 0 Å². The number of ether oxygens (including phenoxy) is 2. The van der Waals surface area contributed by atoms with Gasteiger partial charge in [0, 0.05) is 24.7 Å². The number of carbonyl (C=O) groups excluding carboxylic acids is 2. The quantitative estimate of drug-likeness (QED) is 0.517. The second-order valence-electron chi connectivity index (χ2n) is 6.48. The summed E-state index contributed by atoms with van der Waals surface area (Å²) in [6, 6.07) is 9.12. The standard InChI is InChI=1S/C19H18N4O8/c24-18(20-16-6-3-14(22(26)27)11-17(16)23(28)29)12-31-15-4-1-13(2-5-15)19(25)21-7-9-30-10-8-21/h1-6,11H,7-10,12H2,(H,20,24). The summed E-state index contributed by atoms with van der Waals surface area (Å²) in [5, 5.41) is 24.2. The molecule has 0 aromatic heterocycles. The number of hydrogen-bond acceptors (Lipinski definition) is 8. The van der Waals surface area contributed by atoms with Crippen molar-refractivity contribution in [3.05, 3.63) is 68.3 Å². The summed E-state index contributed by atoms with van der Waals surface area (Å²) in [6.45, 7) is 1.58. The van der Waals surface area contributed by atoms with Gasteiger partial charge in [-0.1, -0.05) is 0 Å². The summed E-state index contributed by atoms with van der Waals surface area (Å²) in [5.41, 5.74) is -0.781. The number of nitro groups is 2. The van der Waals surface area contributed by atoms with Gasteiger partial charge in [0.25, 0.3) is 23.2 Å². The number of benzene rings is 2. The van der Waals surface area contributed by atoms with Gasteiger partial charge in [-0.25, -0.2) is 0 Å². The summed E-state index contributed by atoms with van der Waals surface area (Å²) in [5.74, 6) is -0.490. The zero-order chi connectivity index (χ0) is 22.4. The van der Waals surface area contributed by atoms with Gasteiger partial charge in [-0.15, -0.1) is 0 Å². The summed E-state index contributed by atoms with van der Waals surface area (Å²) < 4.78 is 10.6. The Morgan fingerprint density at radius 1 is 1.03 bits per heavy atom. The highest BCUT2D eigenvalue weighted by molar-refractivity contribution is 5.95. The van der Waals surface area contributed by atoms with Crippen LogP contribution in [0.3, 0.4) is 0 Å². The minimum atomic E-state index is -0.826. The number of amides is 2. The lowest BCUT2D eigenvalue weighted by Gasteiger charge is -2.26. The van der Waals surface area contributed by atoms with Gasteiger partial charge < -0.3 is 19.7 Å².